The summed E-state index contributed by atoms with van der Waals surface area (Å²) in [6.45, 7) is 15.0. The summed E-state index contributed by atoms with van der Waals surface area (Å²) in [4.78, 5) is 51.7. The van der Waals surface area contributed by atoms with Gasteiger partial charge < -0.3 is 15.2 Å². The van der Waals surface area contributed by atoms with Crippen LogP contribution in [0.15, 0.2) is 11.6 Å². The predicted octanol–water partition coefficient (Wildman–Crippen LogP) is 6.35. The van der Waals surface area contributed by atoms with E-state index in [0.29, 0.717) is 12.3 Å². The zero-order valence-electron chi connectivity index (χ0n) is 27.1. The van der Waals surface area contributed by atoms with Gasteiger partial charge in [0.2, 0.25) is 5.91 Å². The average Bonchev–Trinajstić information content (AvgIpc) is 2.88. The van der Waals surface area contributed by atoms with Crippen molar-refractivity contribution in [3.05, 3.63) is 11.6 Å². The molecule has 0 radical (unpaired) electrons. The van der Waals surface area contributed by atoms with Crippen LogP contribution in [0.5, 0.6) is 0 Å². The number of nitrogens with one attached hydrogen (secondary N) is 1. The van der Waals surface area contributed by atoms with E-state index in [1.165, 1.54) is 12.7 Å². The number of hydrogen-bond donors (Lipinski definition) is 2. The van der Waals surface area contributed by atoms with Gasteiger partial charge >= 0.3 is 11.9 Å². The highest BCUT2D eigenvalue weighted by Crippen LogP contribution is 2.71. The number of carboxylic acid groups (broad SMARTS) is 1. The molecule has 7 nitrogen and oxygen atoms in total. The third-order valence-corrected chi connectivity index (χ3v) is 13.5. The first-order valence-corrected chi connectivity index (χ1v) is 16.3. The van der Waals surface area contributed by atoms with E-state index in [0.717, 1.165) is 51.4 Å². The number of aliphatic carboxylic acids is 1. The Morgan fingerprint density at radius 3 is 2.24 bits per heavy atom. The first-order valence-electron chi connectivity index (χ1n) is 16.3. The lowest BCUT2D eigenvalue weighted by molar-refractivity contribution is -0.174. The van der Waals surface area contributed by atoms with Crippen LogP contribution in [0.1, 0.15) is 113 Å². The number of carboxylic acids is 1. The molecule has 5 aliphatic rings. The second-order valence-corrected chi connectivity index (χ2v) is 16.7. The Morgan fingerprint density at radius 2 is 1.60 bits per heavy atom. The summed E-state index contributed by atoms with van der Waals surface area (Å²) in [5.41, 5.74) is -0.0866. The van der Waals surface area contributed by atoms with Crippen LogP contribution in [0.2, 0.25) is 0 Å². The van der Waals surface area contributed by atoms with E-state index in [1.807, 2.05) is 6.08 Å². The van der Waals surface area contributed by atoms with Gasteiger partial charge in [-0.25, -0.2) is 0 Å². The standard InChI is InChI=1S/C35H53NO6/c1-31(2,30(41)42-8)19-27(38)36-26-12-16-35(7)25(32(26,3)4)11-15-34(6)22-10-14-33(5)13-9-20(29(39)40)17-23(33)21(22)18-24(37)28(34)35/h18,20,22-23,25-26,28H,9-17,19H2,1-8H3,(H,36,38)(H,39,40). The fraction of sp³-hybridized carbons (Fsp3) is 0.829. The van der Waals surface area contributed by atoms with Gasteiger partial charge in [0.15, 0.2) is 5.78 Å². The Balaban J connectivity index is 1.41. The van der Waals surface area contributed by atoms with Gasteiger partial charge in [-0.2, -0.15) is 0 Å². The van der Waals surface area contributed by atoms with E-state index in [2.05, 4.69) is 39.9 Å². The third-order valence-electron chi connectivity index (χ3n) is 13.5. The van der Waals surface area contributed by atoms with E-state index in [9.17, 15) is 24.3 Å². The molecule has 0 bridgehead atoms. The fourth-order valence-corrected chi connectivity index (χ4v) is 11.2. The Kier molecular flexibility index (Phi) is 7.58. The molecule has 0 aromatic carbocycles. The molecule has 234 valence electrons. The van der Waals surface area contributed by atoms with Gasteiger partial charge in [-0.3, -0.25) is 19.2 Å². The molecule has 0 aliphatic heterocycles. The molecule has 5 aliphatic carbocycles. The minimum Gasteiger partial charge on any atom is -0.481 e. The van der Waals surface area contributed by atoms with Crippen LogP contribution in [0.3, 0.4) is 0 Å². The SMILES string of the molecule is COC(=O)C(C)(C)CC(=O)NC1CCC2(C)C(CCC3(C)C4CCC5(C)CCC(C(=O)O)CC5C4=CC(=O)C32)C1(C)C. The summed E-state index contributed by atoms with van der Waals surface area (Å²) in [6, 6.07) is -0.0312. The van der Waals surface area contributed by atoms with Crippen LogP contribution >= 0.6 is 0 Å². The van der Waals surface area contributed by atoms with E-state index in [-0.39, 0.29) is 69.5 Å². The highest BCUT2D eigenvalue weighted by molar-refractivity contribution is 5.95. The maximum absolute atomic E-state index is 14.4. The van der Waals surface area contributed by atoms with Gasteiger partial charge in [-0.15, -0.1) is 0 Å². The summed E-state index contributed by atoms with van der Waals surface area (Å²) < 4.78 is 4.91. The largest absolute Gasteiger partial charge is 0.481 e. The Morgan fingerprint density at radius 1 is 0.952 bits per heavy atom. The third kappa shape index (κ3) is 4.67. The molecule has 7 heteroatoms. The molecular formula is C35H53NO6. The first kappa shape index (κ1) is 31.3. The van der Waals surface area contributed by atoms with E-state index >= 15 is 0 Å². The summed E-state index contributed by atoms with van der Waals surface area (Å²) in [5.74, 6) is -0.593. The summed E-state index contributed by atoms with van der Waals surface area (Å²) in [7, 11) is 1.35. The van der Waals surface area contributed by atoms with Crippen molar-refractivity contribution >= 4 is 23.6 Å². The lowest BCUT2D eigenvalue weighted by Gasteiger charge is -2.67. The number of hydrogen-bond acceptors (Lipinski definition) is 5. The molecule has 4 fully saturated rings. The van der Waals surface area contributed by atoms with Gasteiger partial charge in [-0.1, -0.05) is 40.2 Å². The molecule has 4 saturated carbocycles. The normalized spacial score (nSPS) is 42.6. The molecule has 5 rings (SSSR count). The number of esters is 1. The van der Waals surface area contributed by atoms with Crippen LogP contribution in [-0.2, 0) is 23.9 Å². The highest BCUT2D eigenvalue weighted by Gasteiger charge is 2.66. The van der Waals surface area contributed by atoms with E-state index < -0.39 is 17.4 Å². The number of methoxy groups -OCH3 is 1. The van der Waals surface area contributed by atoms with Gasteiger partial charge in [-0.05, 0) is 117 Å². The first-order chi connectivity index (χ1) is 19.4. The minimum atomic E-state index is -0.893. The smallest absolute Gasteiger partial charge is 0.311 e. The molecule has 9 unspecified atom stereocenters. The molecular weight excluding hydrogens is 530 g/mol. The van der Waals surface area contributed by atoms with Crippen molar-refractivity contribution in [2.24, 2.45) is 56.7 Å². The molecule has 0 aromatic rings. The average molecular weight is 584 g/mol. The Labute approximate surface area is 252 Å². The van der Waals surface area contributed by atoms with Crippen molar-refractivity contribution in [1.82, 2.24) is 5.32 Å². The number of fused-ring (bicyclic) bond motifs is 7. The number of carbonyl (C=O) groups is 4. The van der Waals surface area contributed by atoms with Crippen LogP contribution in [-0.4, -0.2) is 41.9 Å². The molecule has 0 heterocycles. The lowest BCUT2D eigenvalue weighted by Crippen LogP contribution is -2.65. The second-order valence-electron chi connectivity index (χ2n) is 16.7. The maximum Gasteiger partial charge on any atom is 0.311 e. The number of rotatable bonds is 5. The lowest BCUT2D eigenvalue weighted by atomic mass is 9.37. The topological polar surface area (TPSA) is 110 Å². The quantitative estimate of drug-likeness (QED) is 0.365. The summed E-state index contributed by atoms with van der Waals surface area (Å²) >= 11 is 0. The number of carbonyl (C=O) groups excluding carboxylic acids is 3. The number of allylic oxidation sites excluding steroid dienone is 2. The number of amides is 1. The molecule has 2 N–H and O–H groups in total. The van der Waals surface area contributed by atoms with Crippen molar-refractivity contribution in [2.45, 2.75) is 119 Å². The summed E-state index contributed by atoms with van der Waals surface area (Å²) in [6.07, 6.45) is 10.2. The molecule has 42 heavy (non-hydrogen) atoms. The Bertz CT molecular complexity index is 1200. The zero-order chi connectivity index (χ0) is 31.0. The van der Waals surface area contributed by atoms with E-state index in [1.54, 1.807) is 13.8 Å². The zero-order valence-corrected chi connectivity index (χ0v) is 27.1. The molecule has 9 atom stereocenters. The van der Waals surface area contributed by atoms with Crippen LogP contribution in [0, 0.1) is 56.7 Å². The predicted molar refractivity (Wildman–Crippen MR) is 160 cm³/mol. The van der Waals surface area contributed by atoms with Crippen LogP contribution < -0.4 is 5.32 Å². The Hall–Kier alpha value is -2.18. The molecule has 0 saturated heterocycles. The fourth-order valence-electron chi connectivity index (χ4n) is 11.2. The van der Waals surface area contributed by atoms with Gasteiger partial charge in [0, 0.05) is 18.4 Å². The van der Waals surface area contributed by atoms with Crippen LogP contribution in [0.4, 0.5) is 0 Å². The highest BCUT2D eigenvalue weighted by atomic mass is 16.5. The number of ketones is 1. The number of ether oxygens (including phenoxy) is 1. The second kappa shape index (κ2) is 10.2. The van der Waals surface area contributed by atoms with E-state index in [4.69, 9.17) is 4.74 Å². The molecule has 0 spiro atoms. The monoisotopic (exact) mass is 583 g/mol. The van der Waals surface area contributed by atoms with Crippen molar-refractivity contribution in [3.63, 3.8) is 0 Å². The summed E-state index contributed by atoms with van der Waals surface area (Å²) in [5, 5.41) is 13.1. The van der Waals surface area contributed by atoms with Gasteiger partial charge in [0.1, 0.15) is 0 Å². The molecule has 0 aromatic heterocycles. The van der Waals surface area contributed by atoms with Crippen molar-refractivity contribution in [3.8, 4) is 0 Å². The minimum absolute atomic E-state index is 0.0312. The van der Waals surface area contributed by atoms with Crippen molar-refractivity contribution in [1.29, 1.82) is 0 Å². The van der Waals surface area contributed by atoms with Gasteiger partial charge in [0.25, 0.3) is 0 Å². The van der Waals surface area contributed by atoms with Gasteiger partial charge in [0.05, 0.1) is 18.4 Å². The molecule has 1 amide bonds. The van der Waals surface area contributed by atoms with Crippen molar-refractivity contribution in [2.75, 3.05) is 7.11 Å². The van der Waals surface area contributed by atoms with Crippen LogP contribution in [0.25, 0.3) is 0 Å². The maximum atomic E-state index is 14.4. The van der Waals surface area contributed by atoms with Crippen molar-refractivity contribution < 1.29 is 29.0 Å².